The van der Waals surface area contributed by atoms with Gasteiger partial charge >= 0.3 is 0 Å². The molecule has 1 unspecified atom stereocenters. The van der Waals surface area contributed by atoms with Gasteiger partial charge < -0.3 is 10.0 Å². The molecule has 96 valence electrons. The highest BCUT2D eigenvalue weighted by atomic mass is 16.3. The fraction of sp³-hybridized carbons (Fsp3) is 0.571. The normalized spacial score (nSPS) is 19.0. The molecule has 0 saturated carbocycles. The van der Waals surface area contributed by atoms with E-state index in [4.69, 9.17) is 5.11 Å². The van der Waals surface area contributed by atoms with Gasteiger partial charge in [-0.05, 0) is 44.2 Å². The Kier molecular flexibility index (Phi) is 3.83. The van der Waals surface area contributed by atoms with E-state index in [0.29, 0.717) is 11.5 Å². The maximum atomic E-state index is 9.26. The highest BCUT2D eigenvalue weighted by molar-refractivity contribution is 5.58. The molecule has 0 aliphatic carbocycles. The predicted molar refractivity (Wildman–Crippen MR) is 70.4 cm³/mol. The maximum absolute atomic E-state index is 9.26. The van der Waals surface area contributed by atoms with E-state index in [-0.39, 0.29) is 6.61 Å². The Morgan fingerprint density at radius 1 is 1.56 bits per heavy atom. The molecule has 1 aromatic rings. The first-order valence-electron chi connectivity index (χ1n) is 6.40. The third-order valence-corrected chi connectivity index (χ3v) is 3.56. The van der Waals surface area contributed by atoms with E-state index in [1.807, 2.05) is 19.9 Å². The molecule has 1 fully saturated rings. The van der Waals surface area contributed by atoms with E-state index < -0.39 is 0 Å². The summed E-state index contributed by atoms with van der Waals surface area (Å²) in [5.74, 6) is 1.33. The molecule has 0 aromatic carbocycles. The van der Waals surface area contributed by atoms with E-state index in [2.05, 4.69) is 16.0 Å². The molecular weight excluding hydrogens is 226 g/mol. The largest absolute Gasteiger partial charge is 0.396 e. The van der Waals surface area contributed by atoms with Crippen LogP contribution in [0.2, 0.25) is 0 Å². The number of anilines is 1. The van der Waals surface area contributed by atoms with Crippen LogP contribution in [0.15, 0.2) is 6.07 Å². The molecule has 1 atom stereocenters. The molecule has 18 heavy (non-hydrogen) atoms. The fourth-order valence-corrected chi connectivity index (χ4v) is 2.63. The summed E-state index contributed by atoms with van der Waals surface area (Å²) in [6, 6.07) is 4.21. The first kappa shape index (κ1) is 12.8. The highest BCUT2D eigenvalue weighted by Crippen LogP contribution is 2.28. The number of rotatable bonds is 3. The summed E-state index contributed by atoms with van der Waals surface area (Å²) in [4.78, 5) is 6.70. The van der Waals surface area contributed by atoms with Gasteiger partial charge in [-0.15, -0.1) is 0 Å². The maximum Gasteiger partial charge on any atom is 0.147 e. The van der Waals surface area contributed by atoms with E-state index in [1.165, 1.54) is 0 Å². The summed E-state index contributed by atoms with van der Waals surface area (Å²) in [6.45, 7) is 5.97. The lowest BCUT2D eigenvalue weighted by Crippen LogP contribution is -2.23. The molecular formula is C14H19N3O. The minimum atomic E-state index is 0.240. The number of nitriles is 1. The lowest BCUT2D eigenvalue weighted by molar-refractivity contribution is 0.263. The van der Waals surface area contributed by atoms with Crippen molar-refractivity contribution in [3.63, 3.8) is 0 Å². The van der Waals surface area contributed by atoms with Crippen LogP contribution in [0.5, 0.6) is 0 Å². The predicted octanol–water partition coefficient (Wildman–Crippen LogP) is 1.78. The molecule has 1 saturated heterocycles. The van der Waals surface area contributed by atoms with Gasteiger partial charge in [0, 0.05) is 25.4 Å². The average Bonchev–Trinajstić information content (AvgIpc) is 2.77. The highest BCUT2D eigenvalue weighted by Gasteiger charge is 2.25. The van der Waals surface area contributed by atoms with Crippen LogP contribution in [-0.4, -0.2) is 29.8 Å². The molecule has 2 rings (SSSR count). The summed E-state index contributed by atoms with van der Waals surface area (Å²) >= 11 is 0. The SMILES string of the molecule is Cc1cc(C)c(C#N)c(N2CCC(CCO)C2)n1. The Morgan fingerprint density at radius 3 is 3.00 bits per heavy atom. The second-order valence-electron chi connectivity index (χ2n) is 5.00. The Labute approximate surface area is 108 Å². The van der Waals surface area contributed by atoms with Gasteiger partial charge in [0.15, 0.2) is 0 Å². The summed E-state index contributed by atoms with van der Waals surface area (Å²) in [5, 5.41) is 18.2. The van der Waals surface area contributed by atoms with Crippen LogP contribution in [-0.2, 0) is 0 Å². The molecule has 0 amide bonds. The zero-order chi connectivity index (χ0) is 13.1. The van der Waals surface area contributed by atoms with Crippen molar-refractivity contribution in [2.24, 2.45) is 5.92 Å². The Hall–Kier alpha value is -1.60. The van der Waals surface area contributed by atoms with Crippen molar-refractivity contribution in [1.82, 2.24) is 4.98 Å². The van der Waals surface area contributed by atoms with Crippen LogP contribution < -0.4 is 4.90 Å². The smallest absolute Gasteiger partial charge is 0.147 e. The molecule has 1 aliphatic rings. The first-order valence-corrected chi connectivity index (χ1v) is 6.40. The summed E-state index contributed by atoms with van der Waals surface area (Å²) in [5.41, 5.74) is 2.63. The van der Waals surface area contributed by atoms with Gasteiger partial charge in [0.25, 0.3) is 0 Å². The Balaban J connectivity index is 2.27. The molecule has 1 aliphatic heterocycles. The molecule has 1 aromatic heterocycles. The van der Waals surface area contributed by atoms with Gasteiger partial charge in [0.1, 0.15) is 11.9 Å². The standard InChI is InChI=1S/C14H19N3O/c1-10-7-11(2)16-14(13(10)8-15)17-5-3-12(9-17)4-6-18/h7,12,18H,3-6,9H2,1-2H3. The molecule has 2 heterocycles. The molecule has 0 spiro atoms. The minimum absolute atomic E-state index is 0.240. The number of aromatic nitrogens is 1. The van der Waals surface area contributed by atoms with Crippen LogP contribution in [0.4, 0.5) is 5.82 Å². The van der Waals surface area contributed by atoms with Crippen LogP contribution in [0.25, 0.3) is 0 Å². The Bertz CT molecular complexity index is 479. The second kappa shape index (κ2) is 5.36. The molecule has 4 heteroatoms. The third-order valence-electron chi connectivity index (χ3n) is 3.56. The van der Waals surface area contributed by atoms with Crippen LogP contribution in [0.3, 0.4) is 0 Å². The van der Waals surface area contributed by atoms with Crippen LogP contribution >= 0.6 is 0 Å². The van der Waals surface area contributed by atoms with E-state index in [0.717, 1.165) is 43.0 Å². The molecule has 0 radical (unpaired) electrons. The molecule has 0 bridgehead atoms. The zero-order valence-corrected chi connectivity index (χ0v) is 11.0. The van der Waals surface area contributed by atoms with Gasteiger partial charge in [-0.3, -0.25) is 0 Å². The monoisotopic (exact) mass is 245 g/mol. The zero-order valence-electron chi connectivity index (χ0n) is 11.0. The van der Waals surface area contributed by atoms with Crippen molar-refractivity contribution in [1.29, 1.82) is 5.26 Å². The van der Waals surface area contributed by atoms with Gasteiger partial charge in [-0.1, -0.05) is 0 Å². The molecule has 1 N–H and O–H groups in total. The number of aliphatic hydroxyl groups is 1. The first-order chi connectivity index (χ1) is 8.65. The van der Waals surface area contributed by atoms with E-state index in [9.17, 15) is 5.26 Å². The number of nitrogens with zero attached hydrogens (tertiary/aromatic N) is 3. The van der Waals surface area contributed by atoms with Crippen LogP contribution in [0.1, 0.15) is 29.7 Å². The van der Waals surface area contributed by atoms with Gasteiger partial charge in [-0.2, -0.15) is 5.26 Å². The number of pyridine rings is 1. The lowest BCUT2D eigenvalue weighted by Gasteiger charge is -2.20. The fourth-order valence-electron chi connectivity index (χ4n) is 2.63. The number of aryl methyl sites for hydroxylation is 2. The van der Waals surface area contributed by atoms with E-state index in [1.54, 1.807) is 0 Å². The lowest BCUT2D eigenvalue weighted by atomic mass is 10.1. The van der Waals surface area contributed by atoms with Gasteiger partial charge in [0.05, 0.1) is 5.56 Å². The van der Waals surface area contributed by atoms with Crippen LogP contribution in [0, 0.1) is 31.1 Å². The Morgan fingerprint density at radius 2 is 2.33 bits per heavy atom. The van der Waals surface area contributed by atoms with Crippen molar-refractivity contribution in [2.75, 3.05) is 24.6 Å². The second-order valence-corrected chi connectivity index (χ2v) is 5.00. The molecule has 4 nitrogen and oxygen atoms in total. The van der Waals surface area contributed by atoms with Crippen molar-refractivity contribution in [3.05, 3.63) is 22.9 Å². The number of aliphatic hydroxyl groups excluding tert-OH is 1. The summed E-state index contributed by atoms with van der Waals surface area (Å²) in [6.07, 6.45) is 1.91. The van der Waals surface area contributed by atoms with E-state index >= 15 is 0 Å². The van der Waals surface area contributed by atoms with Crippen molar-refractivity contribution in [3.8, 4) is 6.07 Å². The minimum Gasteiger partial charge on any atom is -0.396 e. The summed E-state index contributed by atoms with van der Waals surface area (Å²) < 4.78 is 0. The van der Waals surface area contributed by atoms with Crippen molar-refractivity contribution < 1.29 is 5.11 Å². The number of hydrogen-bond donors (Lipinski definition) is 1. The van der Waals surface area contributed by atoms with Gasteiger partial charge in [0.2, 0.25) is 0 Å². The average molecular weight is 245 g/mol. The summed E-state index contributed by atoms with van der Waals surface area (Å²) in [7, 11) is 0. The van der Waals surface area contributed by atoms with Crippen molar-refractivity contribution >= 4 is 5.82 Å². The third kappa shape index (κ3) is 2.46. The quantitative estimate of drug-likeness (QED) is 0.881. The van der Waals surface area contributed by atoms with Gasteiger partial charge in [-0.25, -0.2) is 4.98 Å². The number of hydrogen-bond acceptors (Lipinski definition) is 4. The van der Waals surface area contributed by atoms with Crippen molar-refractivity contribution in [2.45, 2.75) is 26.7 Å². The topological polar surface area (TPSA) is 60.2 Å².